The van der Waals surface area contributed by atoms with Gasteiger partial charge in [-0.15, -0.1) is 0 Å². The number of methoxy groups -OCH3 is 2. The van der Waals surface area contributed by atoms with Crippen molar-refractivity contribution in [1.82, 2.24) is 9.97 Å². The van der Waals surface area contributed by atoms with Gasteiger partial charge in [-0.05, 0) is 23.8 Å². The molecule has 1 aromatic carbocycles. The number of hydrogen-bond acceptors (Lipinski definition) is 9. The van der Waals surface area contributed by atoms with Crippen molar-refractivity contribution >= 4 is 55.0 Å². The molecule has 33 heavy (non-hydrogen) atoms. The number of carbonyl (C=O) groups excluding carboxylic acids is 1. The molecular formula is C22H18N4O5S2. The number of pyridine rings is 1. The summed E-state index contributed by atoms with van der Waals surface area (Å²) in [7, 11) is 3.11. The predicted molar refractivity (Wildman–Crippen MR) is 128 cm³/mol. The minimum atomic E-state index is -0.456. The van der Waals surface area contributed by atoms with Gasteiger partial charge in [-0.3, -0.25) is 24.8 Å². The maximum Gasteiger partial charge on any atom is 0.324 e. The molecule has 0 bridgehead atoms. The number of nitrogens with zero attached hydrogens (tertiary/aromatic N) is 4. The van der Waals surface area contributed by atoms with Crippen LogP contribution in [0.4, 0.5) is 10.1 Å². The molecule has 1 amide bonds. The van der Waals surface area contributed by atoms with Gasteiger partial charge in [-0.25, -0.2) is 4.98 Å². The summed E-state index contributed by atoms with van der Waals surface area (Å²) >= 11 is 2.35. The number of amides is 1. The van der Waals surface area contributed by atoms with E-state index in [4.69, 9.17) is 9.47 Å². The van der Waals surface area contributed by atoms with Gasteiger partial charge < -0.3 is 9.47 Å². The van der Waals surface area contributed by atoms with Crippen LogP contribution in [-0.4, -0.2) is 35.0 Å². The summed E-state index contributed by atoms with van der Waals surface area (Å²) in [5, 5.41) is 11.4. The number of aromatic nitrogens is 2. The van der Waals surface area contributed by atoms with Crippen LogP contribution in [0.3, 0.4) is 0 Å². The third kappa shape index (κ3) is 4.99. The molecule has 0 spiro atoms. The number of benzene rings is 1. The van der Waals surface area contributed by atoms with Crippen LogP contribution in [0.15, 0.2) is 54.9 Å². The lowest BCUT2D eigenvalue weighted by Crippen LogP contribution is -2.28. The normalized spacial score (nSPS) is 11.1. The molecule has 0 aliphatic carbocycles. The Labute approximate surface area is 196 Å². The van der Waals surface area contributed by atoms with Gasteiger partial charge in [-0.1, -0.05) is 28.7 Å². The van der Waals surface area contributed by atoms with Crippen LogP contribution in [0.5, 0.6) is 11.5 Å². The molecule has 0 saturated carbocycles. The van der Waals surface area contributed by atoms with Crippen molar-refractivity contribution < 1.29 is 19.2 Å². The molecule has 0 unspecified atom stereocenters. The van der Waals surface area contributed by atoms with Crippen molar-refractivity contribution in [3.63, 3.8) is 0 Å². The summed E-state index contributed by atoms with van der Waals surface area (Å²) in [5.41, 5.74) is 1.51. The molecule has 11 heteroatoms. The quantitative estimate of drug-likeness (QED) is 0.199. The van der Waals surface area contributed by atoms with E-state index in [1.807, 2.05) is 12.1 Å². The summed E-state index contributed by atoms with van der Waals surface area (Å²) in [6, 6.07) is 10.3. The number of rotatable bonds is 8. The average Bonchev–Trinajstić information content (AvgIpc) is 3.47. The smallest absolute Gasteiger partial charge is 0.324 e. The maximum absolute atomic E-state index is 13.2. The molecule has 3 heterocycles. The van der Waals surface area contributed by atoms with Gasteiger partial charge in [0.2, 0.25) is 0 Å². The Balaban J connectivity index is 1.69. The molecule has 3 aromatic heterocycles. The fourth-order valence-corrected chi connectivity index (χ4v) is 4.75. The monoisotopic (exact) mass is 482 g/mol. The van der Waals surface area contributed by atoms with Crippen molar-refractivity contribution in [2.24, 2.45) is 0 Å². The molecule has 0 fully saturated rings. The third-order valence-electron chi connectivity index (χ3n) is 4.63. The second-order valence-corrected chi connectivity index (χ2v) is 8.83. The number of thiazole rings is 1. The van der Waals surface area contributed by atoms with Gasteiger partial charge in [-0.2, -0.15) is 0 Å². The van der Waals surface area contributed by atoms with E-state index in [1.54, 1.807) is 55.8 Å². The van der Waals surface area contributed by atoms with E-state index < -0.39 is 4.92 Å². The predicted octanol–water partition coefficient (Wildman–Crippen LogP) is 4.92. The van der Waals surface area contributed by atoms with Crippen molar-refractivity contribution in [2.45, 2.75) is 6.54 Å². The second-order valence-electron chi connectivity index (χ2n) is 6.72. The maximum atomic E-state index is 13.2. The van der Waals surface area contributed by atoms with Gasteiger partial charge >= 0.3 is 5.00 Å². The third-order valence-corrected chi connectivity index (χ3v) is 6.67. The van der Waals surface area contributed by atoms with Gasteiger partial charge in [0.15, 0.2) is 16.6 Å². The molecule has 0 atom stereocenters. The fraction of sp³-hybridized carbons (Fsp3) is 0.136. The Morgan fingerprint density at radius 3 is 2.64 bits per heavy atom. The Kier molecular flexibility index (Phi) is 6.61. The van der Waals surface area contributed by atoms with Crippen LogP contribution < -0.4 is 14.4 Å². The lowest BCUT2D eigenvalue weighted by molar-refractivity contribution is -0.380. The average molecular weight is 483 g/mol. The first-order valence-corrected chi connectivity index (χ1v) is 11.3. The number of nitro groups is 1. The van der Waals surface area contributed by atoms with Crippen molar-refractivity contribution in [3.05, 3.63) is 75.4 Å². The molecule has 0 radical (unpaired) electrons. The minimum Gasteiger partial charge on any atom is -0.493 e. The molecular weight excluding hydrogens is 464 g/mol. The number of ether oxygens (including phenoxy) is 2. The van der Waals surface area contributed by atoms with Gasteiger partial charge in [0.1, 0.15) is 0 Å². The molecule has 4 aromatic rings. The number of carbonyl (C=O) groups is 1. The number of fused-ring (bicyclic) bond motifs is 1. The van der Waals surface area contributed by atoms with E-state index in [9.17, 15) is 14.9 Å². The first kappa shape index (κ1) is 22.4. The van der Waals surface area contributed by atoms with E-state index in [0.29, 0.717) is 27.0 Å². The number of hydrogen-bond donors (Lipinski definition) is 0. The minimum absolute atomic E-state index is 0.0170. The molecule has 168 valence electrons. The highest BCUT2D eigenvalue weighted by Gasteiger charge is 2.20. The zero-order valence-corrected chi connectivity index (χ0v) is 19.3. The number of thiophene rings is 1. The topological polar surface area (TPSA) is 108 Å². The van der Waals surface area contributed by atoms with Crippen LogP contribution in [0, 0.1) is 10.1 Å². The Morgan fingerprint density at radius 1 is 1.18 bits per heavy atom. The number of anilines is 1. The SMILES string of the molecule is COc1cc2nc(N(Cc3cccnc3)C(=O)/C=C/c3ccc([N+](=O)[O-])s3)sc2cc1OC. The lowest BCUT2D eigenvalue weighted by Gasteiger charge is -2.18. The van der Waals surface area contributed by atoms with Crippen molar-refractivity contribution in [1.29, 1.82) is 0 Å². The summed E-state index contributed by atoms with van der Waals surface area (Å²) in [4.78, 5) is 34.6. The highest BCUT2D eigenvalue weighted by molar-refractivity contribution is 7.22. The van der Waals surface area contributed by atoms with E-state index in [1.165, 1.54) is 23.5 Å². The Hall–Kier alpha value is -3.83. The van der Waals surface area contributed by atoms with E-state index in [-0.39, 0.29) is 17.5 Å². The highest BCUT2D eigenvalue weighted by atomic mass is 32.1. The first-order chi connectivity index (χ1) is 16.0. The zero-order valence-electron chi connectivity index (χ0n) is 17.6. The van der Waals surface area contributed by atoms with E-state index in [0.717, 1.165) is 21.6 Å². The Morgan fingerprint density at radius 2 is 1.97 bits per heavy atom. The van der Waals surface area contributed by atoms with Crippen molar-refractivity contribution in [2.75, 3.05) is 19.1 Å². The lowest BCUT2D eigenvalue weighted by atomic mass is 10.2. The van der Waals surface area contributed by atoms with Crippen molar-refractivity contribution in [3.8, 4) is 11.5 Å². The van der Waals surface area contributed by atoms with E-state index >= 15 is 0 Å². The van der Waals surface area contributed by atoms with Gasteiger partial charge in [0.25, 0.3) is 5.91 Å². The van der Waals surface area contributed by atoms with E-state index in [2.05, 4.69) is 9.97 Å². The van der Waals surface area contributed by atoms with Crippen LogP contribution in [0.1, 0.15) is 10.4 Å². The zero-order chi connectivity index (χ0) is 23.4. The first-order valence-electron chi connectivity index (χ1n) is 9.63. The van der Waals surface area contributed by atoms with Crippen LogP contribution >= 0.6 is 22.7 Å². The summed E-state index contributed by atoms with van der Waals surface area (Å²) in [6.07, 6.45) is 6.30. The standard InChI is InChI=1S/C22H18N4O5S2/c1-30-17-10-16-19(11-18(17)31-2)33-22(24-16)25(13-14-4-3-9-23-12-14)20(27)7-5-15-6-8-21(32-15)26(28)29/h3-12H,13H2,1-2H3/b7-5+. The molecule has 9 nitrogen and oxygen atoms in total. The molecule has 0 aliphatic rings. The molecule has 4 rings (SSSR count). The van der Waals surface area contributed by atoms with Crippen LogP contribution in [0.25, 0.3) is 16.3 Å². The highest BCUT2D eigenvalue weighted by Crippen LogP contribution is 2.37. The molecule has 0 aliphatic heterocycles. The largest absolute Gasteiger partial charge is 0.493 e. The molecule has 0 N–H and O–H groups in total. The fourth-order valence-electron chi connectivity index (χ4n) is 3.05. The molecule has 0 saturated heterocycles. The Bertz CT molecular complexity index is 1290. The summed E-state index contributed by atoms with van der Waals surface area (Å²) < 4.78 is 11.6. The van der Waals surface area contributed by atoms with Crippen LogP contribution in [0.2, 0.25) is 0 Å². The summed E-state index contributed by atoms with van der Waals surface area (Å²) in [5.74, 6) is 0.809. The summed E-state index contributed by atoms with van der Waals surface area (Å²) in [6.45, 7) is 0.260. The van der Waals surface area contributed by atoms with Gasteiger partial charge in [0.05, 0.1) is 35.9 Å². The second kappa shape index (κ2) is 9.76. The van der Waals surface area contributed by atoms with Gasteiger partial charge in [0, 0.05) is 41.5 Å². The van der Waals surface area contributed by atoms with Crippen LogP contribution in [-0.2, 0) is 11.3 Å².